The molecule has 17 heavy (non-hydrogen) atoms. The molecule has 2 rings (SSSR count). The van der Waals surface area contributed by atoms with Gasteiger partial charge in [-0.2, -0.15) is 0 Å². The number of aryl methyl sites for hydroxylation is 2. The van der Waals surface area contributed by atoms with Crippen LogP contribution in [-0.4, -0.2) is 18.6 Å². The number of rotatable bonds is 3. The zero-order chi connectivity index (χ0) is 12.4. The van der Waals surface area contributed by atoms with Crippen LogP contribution in [0.4, 0.5) is 5.82 Å². The summed E-state index contributed by atoms with van der Waals surface area (Å²) in [5.74, 6) is 1.76. The van der Waals surface area contributed by atoms with Gasteiger partial charge in [-0.25, -0.2) is 4.98 Å². The summed E-state index contributed by atoms with van der Waals surface area (Å²) in [6.07, 6.45) is 0. The molecule has 0 amide bonds. The molecule has 1 aromatic heterocycles. The van der Waals surface area contributed by atoms with Gasteiger partial charge in [0.05, 0.1) is 7.11 Å². The van der Waals surface area contributed by atoms with Crippen LogP contribution in [0.2, 0.25) is 0 Å². The molecular formula is C14H18N2O. The van der Waals surface area contributed by atoms with Crippen molar-refractivity contribution in [2.75, 3.05) is 19.0 Å². The third-order valence-electron chi connectivity index (χ3n) is 2.92. The quantitative estimate of drug-likeness (QED) is 0.878. The number of ether oxygens (including phenoxy) is 1. The highest BCUT2D eigenvalue weighted by Gasteiger charge is 2.09. The number of hydrogen-bond acceptors (Lipinski definition) is 3. The molecular weight excluding hydrogens is 212 g/mol. The van der Waals surface area contributed by atoms with E-state index < -0.39 is 0 Å². The SMILES string of the molecule is CCNc1nc2c(OC)ccc(C)c2cc1C. The first-order valence-electron chi connectivity index (χ1n) is 5.86. The fraction of sp³-hybridized carbons (Fsp3) is 0.357. The molecule has 0 saturated heterocycles. The van der Waals surface area contributed by atoms with Crippen LogP contribution in [0.15, 0.2) is 18.2 Å². The molecule has 3 nitrogen and oxygen atoms in total. The Morgan fingerprint density at radius 1 is 1.24 bits per heavy atom. The van der Waals surface area contributed by atoms with Gasteiger partial charge in [-0.15, -0.1) is 0 Å². The van der Waals surface area contributed by atoms with E-state index in [1.807, 2.05) is 6.07 Å². The number of nitrogens with one attached hydrogen (secondary N) is 1. The molecule has 3 heteroatoms. The van der Waals surface area contributed by atoms with E-state index in [2.05, 4.69) is 43.2 Å². The van der Waals surface area contributed by atoms with Gasteiger partial charge in [0, 0.05) is 11.9 Å². The van der Waals surface area contributed by atoms with Crippen LogP contribution in [0, 0.1) is 13.8 Å². The summed E-state index contributed by atoms with van der Waals surface area (Å²) < 4.78 is 5.37. The topological polar surface area (TPSA) is 34.2 Å². The predicted octanol–water partition coefficient (Wildman–Crippen LogP) is 3.29. The second kappa shape index (κ2) is 4.62. The molecule has 1 N–H and O–H groups in total. The molecule has 0 unspecified atom stereocenters. The fourth-order valence-electron chi connectivity index (χ4n) is 1.98. The average Bonchev–Trinajstić information content (AvgIpc) is 2.32. The van der Waals surface area contributed by atoms with Crippen molar-refractivity contribution in [3.8, 4) is 5.75 Å². The lowest BCUT2D eigenvalue weighted by molar-refractivity contribution is 0.419. The van der Waals surface area contributed by atoms with Gasteiger partial charge in [-0.1, -0.05) is 6.07 Å². The number of anilines is 1. The van der Waals surface area contributed by atoms with E-state index >= 15 is 0 Å². The van der Waals surface area contributed by atoms with Crippen molar-refractivity contribution in [2.24, 2.45) is 0 Å². The molecule has 2 aromatic rings. The standard InChI is InChI=1S/C14H18N2O/c1-5-15-14-10(3)8-11-9(2)6-7-12(17-4)13(11)16-14/h6-8H,5H2,1-4H3,(H,15,16). The zero-order valence-electron chi connectivity index (χ0n) is 10.8. The Hall–Kier alpha value is -1.77. The Bertz CT molecular complexity index is 549. The molecule has 0 aliphatic heterocycles. The van der Waals surface area contributed by atoms with Crippen molar-refractivity contribution in [3.63, 3.8) is 0 Å². The Morgan fingerprint density at radius 2 is 2.00 bits per heavy atom. The number of fused-ring (bicyclic) bond motifs is 1. The van der Waals surface area contributed by atoms with Crippen LogP contribution in [0.3, 0.4) is 0 Å². The van der Waals surface area contributed by atoms with Crippen LogP contribution < -0.4 is 10.1 Å². The number of nitrogens with zero attached hydrogens (tertiary/aromatic N) is 1. The van der Waals surface area contributed by atoms with Crippen molar-refractivity contribution >= 4 is 16.7 Å². The molecule has 0 radical (unpaired) electrons. The van der Waals surface area contributed by atoms with Gasteiger partial charge in [-0.3, -0.25) is 0 Å². The largest absolute Gasteiger partial charge is 0.494 e. The van der Waals surface area contributed by atoms with Gasteiger partial charge in [-0.05, 0) is 44.0 Å². The summed E-state index contributed by atoms with van der Waals surface area (Å²) in [6, 6.07) is 6.20. The van der Waals surface area contributed by atoms with Crippen LogP contribution in [0.25, 0.3) is 10.9 Å². The summed E-state index contributed by atoms with van der Waals surface area (Å²) in [6.45, 7) is 7.10. The lowest BCUT2D eigenvalue weighted by atomic mass is 10.1. The third kappa shape index (κ3) is 2.05. The first-order valence-corrected chi connectivity index (χ1v) is 5.86. The minimum Gasteiger partial charge on any atom is -0.494 e. The second-order valence-electron chi connectivity index (χ2n) is 4.17. The van der Waals surface area contributed by atoms with Crippen LogP contribution >= 0.6 is 0 Å². The highest BCUT2D eigenvalue weighted by molar-refractivity contribution is 5.89. The maximum atomic E-state index is 5.37. The van der Waals surface area contributed by atoms with E-state index in [9.17, 15) is 0 Å². The van der Waals surface area contributed by atoms with Crippen molar-refractivity contribution < 1.29 is 4.74 Å². The van der Waals surface area contributed by atoms with E-state index in [0.717, 1.165) is 34.6 Å². The van der Waals surface area contributed by atoms with Gasteiger partial charge >= 0.3 is 0 Å². The van der Waals surface area contributed by atoms with Gasteiger partial charge in [0.25, 0.3) is 0 Å². The molecule has 0 spiro atoms. The average molecular weight is 230 g/mol. The molecule has 1 aromatic carbocycles. The molecule has 0 fully saturated rings. The number of hydrogen-bond donors (Lipinski definition) is 1. The molecule has 0 atom stereocenters. The van der Waals surface area contributed by atoms with Crippen molar-refractivity contribution in [2.45, 2.75) is 20.8 Å². The van der Waals surface area contributed by atoms with Crippen molar-refractivity contribution in [1.82, 2.24) is 4.98 Å². The molecule has 0 bridgehead atoms. The van der Waals surface area contributed by atoms with Gasteiger partial charge < -0.3 is 10.1 Å². The van der Waals surface area contributed by atoms with E-state index in [1.54, 1.807) is 7.11 Å². The maximum absolute atomic E-state index is 5.37. The van der Waals surface area contributed by atoms with E-state index in [0.29, 0.717) is 0 Å². The van der Waals surface area contributed by atoms with Crippen LogP contribution in [-0.2, 0) is 0 Å². The zero-order valence-corrected chi connectivity index (χ0v) is 10.8. The third-order valence-corrected chi connectivity index (χ3v) is 2.92. The fourth-order valence-corrected chi connectivity index (χ4v) is 1.98. The van der Waals surface area contributed by atoms with Gasteiger partial charge in [0.2, 0.25) is 0 Å². The summed E-state index contributed by atoms with van der Waals surface area (Å²) in [4.78, 5) is 4.66. The van der Waals surface area contributed by atoms with Crippen molar-refractivity contribution in [3.05, 3.63) is 29.3 Å². The lowest BCUT2D eigenvalue weighted by Gasteiger charge is -2.12. The number of methoxy groups -OCH3 is 1. The summed E-state index contributed by atoms with van der Waals surface area (Å²) >= 11 is 0. The summed E-state index contributed by atoms with van der Waals surface area (Å²) in [5.41, 5.74) is 3.31. The molecule has 1 heterocycles. The van der Waals surface area contributed by atoms with E-state index in [-0.39, 0.29) is 0 Å². The highest BCUT2D eigenvalue weighted by atomic mass is 16.5. The predicted molar refractivity (Wildman–Crippen MR) is 71.9 cm³/mol. The molecule has 0 saturated carbocycles. The Balaban J connectivity index is 2.73. The number of pyridine rings is 1. The van der Waals surface area contributed by atoms with E-state index in [4.69, 9.17) is 4.74 Å². The van der Waals surface area contributed by atoms with Crippen molar-refractivity contribution in [1.29, 1.82) is 0 Å². The van der Waals surface area contributed by atoms with Crippen LogP contribution in [0.5, 0.6) is 5.75 Å². The molecule has 0 aliphatic rings. The normalized spacial score (nSPS) is 10.6. The van der Waals surface area contributed by atoms with Gasteiger partial charge in [0.15, 0.2) is 0 Å². The lowest BCUT2D eigenvalue weighted by Crippen LogP contribution is -2.02. The highest BCUT2D eigenvalue weighted by Crippen LogP contribution is 2.29. The summed E-state index contributed by atoms with van der Waals surface area (Å²) in [5, 5.41) is 4.43. The number of aromatic nitrogens is 1. The summed E-state index contributed by atoms with van der Waals surface area (Å²) in [7, 11) is 1.68. The number of benzene rings is 1. The van der Waals surface area contributed by atoms with Crippen LogP contribution in [0.1, 0.15) is 18.1 Å². The van der Waals surface area contributed by atoms with Gasteiger partial charge in [0.1, 0.15) is 17.1 Å². The molecule has 0 aliphatic carbocycles. The minimum atomic E-state index is 0.824. The molecule has 90 valence electrons. The first kappa shape index (κ1) is 11.7. The maximum Gasteiger partial charge on any atom is 0.145 e. The monoisotopic (exact) mass is 230 g/mol. The Morgan fingerprint density at radius 3 is 2.65 bits per heavy atom. The smallest absolute Gasteiger partial charge is 0.145 e. The second-order valence-corrected chi connectivity index (χ2v) is 4.17. The Kier molecular flexibility index (Phi) is 3.18. The minimum absolute atomic E-state index is 0.824. The van der Waals surface area contributed by atoms with E-state index in [1.165, 1.54) is 5.56 Å². The Labute approximate surface area is 102 Å². The first-order chi connectivity index (χ1) is 8.17.